The molecule has 1 saturated carbocycles. The molecule has 208 valence electrons. The Morgan fingerprint density at radius 3 is 2.41 bits per heavy atom. The molecule has 5 rings (SSSR count). The first-order chi connectivity index (χ1) is 19.2. The monoisotopic (exact) mass is 530 g/mol. The third-order valence-corrected chi connectivity index (χ3v) is 7.75. The zero-order valence-electron chi connectivity index (χ0n) is 23.4. The molecular formula is C32H42N4O3. The number of hydrogen-bond donors (Lipinski definition) is 0. The fourth-order valence-corrected chi connectivity index (χ4v) is 5.39. The van der Waals surface area contributed by atoms with Crippen molar-refractivity contribution in [2.45, 2.75) is 44.8 Å². The minimum Gasteiger partial charge on any atom is -0.494 e. The van der Waals surface area contributed by atoms with E-state index in [0.717, 1.165) is 92.8 Å². The van der Waals surface area contributed by atoms with Crippen molar-refractivity contribution in [2.75, 3.05) is 58.4 Å². The van der Waals surface area contributed by atoms with Gasteiger partial charge in [0.05, 0.1) is 19.8 Å². The van der Waals surface area contributed by atoms with Crippen molar-refractivity contribution >= 4 is 11.4 Å². The topological polar surface area (TPSA) is 50.3 Å². The van der Waals surface area contributed by atoms with Gasteiger partial charge in [-0.1, -0.05) is 6.07 Å². The quantitative estimate of drug-likeness (QED) is 0.276. The van der Waals surface area contributed by atoms with Crippen LogP contribution in [0.2, 0.25) is 0 Å². The van der Waals surface area contributed by atoms with Crippen LogP contribution in [-0.4, -0.2) is 74.4 Å². The molecular weight excluding hydrogens is 488 g/mol. The zero-order valence-corrected chi connectivity index (χ0v) is 23.4. The van der Waals surface area contributed by atoms with E-state index in [-0.39, 0.29) is 6.10 Å². The number of methoxy groups -OCH3 is 1. The highest BCUT2D eigenvalue weighted by atomic mass is 16.5. The molecule has 0 bridgehead atoms. The largest absolute Gasteiger partial charge is 0.494 e. The van der Waals surface area contributed by atoms with E-state index in [1.165, 1.54) is 12.8 Å². The van der Waals surface area contributed by atoms with Crippen LogP contribution in [0.5, 0.6) is 17.2 Å². The Hall–Kier alpha value is -3.29. The van der Waals surface area contributed by atoms with Crippen LogP contribution in [0.15, 0.2) is 67.0 Å². The van der Waals surface area contributed by atoms with Gasteiger partial charge in [-0.25, -0.2) is 0 Å². The predicted molar refractivity (Wildman–Crippen MR) is 156 cm³/mol. The molecule has 1 aliphatic heterocycles. The maximum Gasteiger partial charge on any atom is 0.163 e. The van der Waals surface area contributed by atoms with Crippen LogP contribution in [0.25, 0.3) is 0 Å². The highest BCUT2D eigenvalue weighted by Gasteiger charge is 2.20. The number of ether oxygens (including phenoxy) is 3. The lowest BCUT2D eigenvalue weighted by Crippen LogP contribution is -2.44. The molecule has 1 aliphatic carbocycles. The Morgan fingerprint density at radius 1 is 0.923 bits per heavy atom. The molecule has 0 N–H and O–H groups in total. The standard InChI is InChI=1S/C32H42N4O3/c1-34-18-20-35(21-19-34)17-6-22-38-29-13-10-27(11-14-29)36(25-26-7-5-16-33-24-26)28-12-15-31(37-2)32(23-28)39-30-8-3-4-9-30/h5,7,10-16,23-24,30H,3-4,6,8-9,17-22,25H2,1-2H3. The molecule has 0 radical (unpaired) electrons. The van der Waals surface area contributed by atoms with E-state index in [4.69, 9.17) is 14.2 Å². The third-order valence-electron chi connectivity index (χ3n) is 7.75. The molecule has 1 saturated heterocycles. The summed E-state index contributed by atoms with van der Waals surface area (Å²) in [6, 6.07) is 18.7. The number of benzene rings is 2. The Kier molecular flexibility index (Phi) is 9.57. The highest BCUT2D eigenvalue weighted by molar-refractivity contribution is 5.67. The molecule has 2 aliphatic rings. The van der Waals surface area contributed by atoms with Crippen LogP contribution in [0, 0.1) is 0 Å². The average molecular weight is 531 g/mol. The molecule has 0 atom stereocenters. The Labute approximate surface area is 233 Å². The molecule has 0 unspecified atom stereocenters. The maximum absolute atomic E-state index is 6.41. The van der Waals surface area contributed by atoms with Crippen molar-refractivity contribution in [3.63, 3.8) is 0 Å². The second-order valence-corrected chi connectivity index (χ2v) is 10.6. The fourth-order valence-electron chi connectivity index (χ4n) is 5.39. The van der Waals surface area contributed by atoms with E-state index in [0.29, 0.717) is 6.54 Å². The van der Waals surface area contributed by atoms with Gasteiger partial charge < -0.3 is 28.9 Å². The van der Waals surface area contributed by atoms with Gasteiger partial charge in [0.2, 0.25) is 0 Å². The lowest BCUT2D eigenvalue weighted by atomic mass is 10.1. The normalized spacial score (nSPS) is 16.8. The number of pyridine rings is 1. The summed E-state index contributed by atoms with van der Waals surface area (Å²) in [5, 5.41) is 0. The first kappa shape index (κ1) is 27.3. The fraction of sp³-hybridized carbons (Fsp3) is 0.469. The molecule has 7 nitrogen and oxygen atoms in total. The van der Waals surface area contributed by atoms with Gasteiger partial charge in [0.25, 0.3) is 0 Å². The lowest BCUT2D eigenvalue weighted by Gasteiger charge is -2.32. The van der Waals surface area contributed by atoms with Crippen LogP contribution in [0.4, 0.5) is 11.4 Å². The SMILES string of the molecule is COc1ccc(N(Cc2cccnc2)c2ccc(OCCCN3CCN(C)CC3)cc2)cc1OC1CCCC1. The van der Waals surface area contributed by atoms with Gasteiger partial charge >= 0.3 is 0 Å². The van der Waals surface area contributed by atoms with Gasteiger partial charge in [-0.2, -0.15) is 0 Å². The summed E-state index contributed by atoms with van der Waals surface area (Å²) in [5.74, 6) is 2.48. The van der Waals surface area contributed by atoms with Crippen molar-refractivity contribution < 1.29 is 14.2 Å². The minimum atomic E-state index is 0.258. The van der Waals surface area contributed by atoms with Gasteiger partial charge in [-0.15, -0.1) is 0 Å². The van der Waals surface area contributed by atoms with Crippen LogP contribution in [0.3, 0.4) is 0 Å². The van der Waals surface area contributed by atoms with E-state index in [1.807, 2.05) is 24.5 Å². The summed E-state index contributed by atoms with van der Waals surface area (Å²) in [6.07, 6.45) is 9.68. The summed E-state index contributed by atoms with van der Waals surface area (Å²) in [5.41, 5.74) is 3.27. The molecule has 2 fully saturated rings. The number of aromatic nitrogens is 1. The first-order valence-electron chi connectivity index (χ1n) is 14.3. The Morgan fingerprint density at radius 2 is 1.69 bits per heavy atom. The van der Waals surface area contributed by atoms with Gasteiger partial charge in [0.1, 0.15) is 5.75 Å². The molecule has 2 aromatic carbocycles. The maximum atomic E-state index is 6.41. The third kappa shape index (κ3) is 7.64. The van der Waals surface area contributed by atoms with Crippen molar-refractivity contribution in [2.24, 2.45) is 0 Å². The lowest BCUT2D eigenvalue weighted by molar-refractivity contribution is 0.145. The zero-order chi connectivity index (χ0) is 26.9. The average Bonchev–Trinajstić information content (AvgIpc) is 3.49. The molecule has 2 heterocycles. The molecule has 0 spiro atoms. The number of hydrogen-bond acceptors (Lipinski definition) is 7. The van der Waals surface area contributed by atoms with E-state index < -0.39 is 0 Å². The first-order valence-corrected chi connectivity index (χ1v) is 14.3. The summed E-state index contributed by atoms with van der Waals surface area (Å²) < 4.78 is 18.2. The second-order valence-electron chi connectivity index (χ2n) is 10.6. The van der Waals surface area contributed by atoms with Crippen molar-refractivity contribution in [1.82, 2.24) is 14.8 Å². The smallest absolute Gasteiger partial charge is 0.163 e. The van der Waals surface area contributed by atoms with E-state index in [9.17, 15) is 0 Å². The molecule has 0 amide bonds. The molecule has 7 heteroatoms. The summed E-state index contributed by atoms with van der Waals surface area (Å²) >= 11 is 0. The number of nitrogens with zero attached hydrogens (tertiary/aromatic N) is 4. The molecule has 3 aromatic rings. The molecule has 39 heavy (non-hydrogen) atoms. The van der Waals surface area contributed by atoms with Crippen LogP contribution in [-0.2, 0) is 6.54 Å². The van der Waals surface area contributed by atoms with E-state index >= 15 is 0 Å². The Balaban J connectivity index is 1.28. The summed E-state index contributed by atoms with van der Waals surface area (Å²) in [7, 11) is 3.90. The minimum absolute atomic E-state index is 0.258. The van der Waals surface area contributed by atoms with Gasteiger partial charge in [0, 0.05) is 69.1 Å². The number of rotatable bonds is 12. The number of anilines is 2. The van der Waals surface area contributed by atoms with Gasteiger partial charge in [-0.05, 0) is 87.2 Å². The van der Waals surface area contributed by atoms with Crippen molar-refractivity contribution in [1.29, 1.82) is 0 Å². The summed E-state index contributed by atoms with van der Waals surface area (Å²) in [4.78, 5) is 11.5. The number of piperazine rings is 1. The Bertz CT molecular complexity index is 1140. The van der Waals surface area contributed by atoms with Crippen LogP contribution >= 0.6 is 0 Å². The van der Waals surface area contributed by atoms with Crippen molar-refractivity contribution in [3.8, 4) is 17.2 Å². The summed E-state index contributed by atoms with van der Waals surface area (Å²) in [6.45, 7) is 7.11. The van der Waals surface area contributed by atoms with Crippen molar-refractivity contribution in [3.05, 3.63) is 72.6 Å². The van der Waals surface area contributed by atoms with Gasteiger partial charge in [-0.3, -0.25) is 4.98 Å². The van der Waals surface area contributed by atoms with Crippen LogP contribution < -0.4 is 19.1 Å². The van der Waals surface area contributed by atoms with E-state index in [1.54, 1.807) is 7.11 Å². The number of likely N-dealkylation sites (N-methyl/N-ethyl adjacent to an activating group) is 1. The van der Waals surface area contributed by atoms with E-state index in [2.05, 4.69) is 69.2 Å². The highest BCUT2D eigenvalue weighted by Crippen LogP contribution is 2.38. The second kappa shape index (κ2) is 13.7. The predicted octanol–water partition coefficient (Wildman–Crippen LogP) is 5.77. The van der Waals surface area contributed by atoms with Crippen LogP contribution in [0.1, 0.15) is 37.7 Å². The van der Waals surface area contributed by atoms with Gasteiger partial charge in [0.15, 0.2) is 11.5 Å². The molecule has 1 aromatic heterocycles.